The Morgan fingerprint density at radius 3 is 2.30 bits per heavy atom. The average Bonchev–Trinajstić information content (AvgIpc) is 2.80. The molecule has 0 saturated heterocycles. The molecule has 0 spiro atoms. The van der Waals surface area contributed by atoms with Crippen molar-refractivity contribution in [3.63, 3.8) is 0 Å². The molecule has 0 aliphatic carbocycles. The number of fused-ring (bicyclic) bond motifs is 1. The first-order valence-electron chi connectivity index (χ1n) is 6.77. The molecule has 0 N–H and O–H groups in total. The van der Waals surface area contributed by atoms with E-state index in [4.69, 9.17) is 16.3 Å². The summed E-state index contributed by atoms with van der Waals surface area (Å²) in [4.78, 5) is 40.9. The third kappa shape index (κ3) is 3.07. The van der Waals surface area contributed by atoms with E-state index in [-0.39, 0.29) is 6.61 Å². The van der Waals surface area contributed by atoms with Crippen molar-refractivity contribution in [2.75, 3.05) is 6.54 Å². The number of hydrogen-bond donors (Lipinski definition) is 0. The van der Waals surface area contributed by atoms with Gasteiger partial charge in [0.15, 0.2) is 0 Å². The number of imide groups is 1. The highest BCUT2D eigenvalue weighted by molar-refractivity contribution is 6.29. The van der Waals surface area contributed by atoms with Gasteiger partial charge in [0.1, 0.15) is 18.3 Å². The fourth-order valence-corrected chi connectivity index (χ4v) is 2.32. The van der Waals surface area contributed by atoms with E-state index in [0.717, 1.165) is 4.90 Å². The number of carbonyl (C=O) groups excluding carboxylic acids is 3. The Labute approximate surface area is 136 Å². The quantitative estimate of drug-likeness (QED) is 0.487. The predicted octanol–water partition coefficient (Wildman–Crippen LogP) is 2.07. The second-order valence-electron chi connectivity index (χ2n) is 4.89. The second kappa shape index (κ2) is 6.18. The number of amides is 2. The maximum Gasteiger partial charge on any atom is 0.326 e. The van der Waals surface area contributed by atoms with Crippen molar-refractivity contribution in [2.45, 2.75) is 6.61 Å². The first kappa shape index (κ1) is 15.2. The summed E-state index contributed by atoms with van der Waals surface area (Å²) in [5, 5.41) is 0.339. The molecule has 23 heavy (non-hydrogen) atoms. The molecule has 0 atom stereocenters. The van der Waals surface area contributed by atoms with Gasteiger partial charge in [0.25, 0.3) is 11.8 Å². The van der Waals surface area contributed by atoms with E-state index in [1.54, 1.807) is 36.4 Å². The lowest BCUT2D eigenvalue weighted by Crippen LogP contribution is -2.35. The number of esters is 1. The highest BCUT2D eigenvalue weighted by Crippen LogP contribution is 2.22. The molecule has 3 rings (SSSR count). The van der Waals surface area contributed by atoms with E-state index < -0.39 is 24.3 Å². The van der Waals surface area contributed by atoms with Crippen molar-refractivity contribution in [3.05, 3.63) is 64.4 Å². The Balaban J connectivity index is 1.62. The van der Waals surface area contributed by atoms with Gasteiger partial charge in [-0.1, -0.05) is 29.8 Å². The second-order valence-corrected chi connectivity index (χ2v) is 5.28. The highest BCUT2D eigenvalue weighted by Gasteiger charge is 2.36. The number of pyridine rings is 1. The number of ether oxygens (including phenoxy) is 1. The van der Waals surface area contributed by atoms with Crippen LogP contribution in [-0.4, -0.2) is 34.2 Å². The zero-order chi connectivity index (χ0) is 16.4. The number of hydrogen-bond acceptors (Lipinski definition) is 5. The monoisotopic (exact) mass is 330 g/mol. The van der Waals surface area contributed by atoms with Gasteiger partial charge in [0.2, 0.25) is 0 Å². The number of benzene rings is 1. The van der Waals surface area contributed by atoms with Gasteiger partial charge in [-0.2, -0.15) is 0 Å². The SMILES string of the molecule is O=C(CN1C(=O)c2ccccc2C1=O)OCc1ccc(Cl)nc1. The Bertz CT molecular complexity index is 754. The molecule has 2 heterocycles. The smallest absolute Gasteiger partial charge is 0.326 e. The van der Waals surface area contributed by atoms with Gasteiger partial charge >= 0.3 is 5.97 Å². The Morgan fingerprint density at radius 1 is 1.09 bits per heavy atom. The van der Waals surface area contributed by atoms with Gasteiger partial charge in [-0.3, -0.25) is 19.3 Å². The number of halogens is 1. The minimum atomic E-state index is -0.672. The minimum Gasteiger partial charge on any atom is -0.459 e. The summed E-state index contributed by atoms with van der Waals surface area (Å²) < 4.78 is 5.06. The van der Waals surface area contributed by atoms with Crippen molar-refractivity contribution >= 4 is 29.4 Å². The van der Waals surface area contributed by atoms with Crippen molar-refractivity contribution in [1.29, 1.82) is 0 Å². The van der Waals surface area contributed by atoms with E-state index >= 15 is 0 Å². The fourth-order valence-electron chi connectivity index (χ4n) is 2.21. The van der Waals surface area contributed by atoms with Gasteiger partial charge in [0, 0.05) is 11.8 Å². The van der Waals surface area contributed by atoms with Crippen LogP contribution in [0.4, 0.5) is 0 Å². The molecule has 2 amide bonds. The van der Waals surface area contributed by atoms with Crippen LogP contribution in [0.3, 0.4) is 0 Å². The van der Waals surface area contributed by atoms with Gasteiger partial charge < -0.3 is 4.74 Å². The van der Waals surface area contributed by atoms with Gasteiger partial charge in [-0.15, -0.1) is 0 Å². The molecule has 1 aromatic heterocycles. The largest absolute Gasteiger partial charge is 0.459 e. The molecule has 0 unspecified atom stereocenters. The molecule has 1 aliphatic heterocycles. The molecule has 0 bridgehead atoms. The average molecular weight is 331 g/mol. The lowest BCUT2D eigenvalue weighted by Gasteiger charge is -2.13. The molecule has 6 nitrogen and oxygen atoms in total. The lowest BCUT2D eigenvalue weighted by atomic mass is 10.1. The summed E-state index contributed by atoms with van der Waals surface area (Å²) >= 11 is 5.66. The van der Waals surface area contributed by atoms with Crippen LogP contribution in [0.25, 0.3) is 0 Å². The normalized spacial score (nSPS) is 13.2. The van der Waals surface area contributed by atoms with Crippen LogP contribution in [0.15, 0.2) is 42.6 Å². The maximum absolute atomic E-state index is 12.1. The third-order valence-corrected chi connectivity index (χ3v) is 3.58. The lowest BCUT2D eigenvalue weighted by molar-refractivity contribution is -0.145. The molecular formula is C16H11ClN2O4. The van der Waals surface area contributed by atoms with E-state index in [9.17, 15) is 14.4 Å². The Kier molecular flexibility index (Phi) is 4.08. The van der Waals surface area contributed by atoms with Crippen LogP contribution in [0.1, 0.15) is 26.3 Å². The molecule has 1 aromatic carbocycles. The van der Waals surface area contributed by atoms with Gasteiger partial charge in [0.05, 0.1) is 11.1 Å². The van der Waals surface area contributed by atoms with Crippen LogP contribution in [0, 0.1) is 0 Å². The van der Waals surface area contributed by atoms with E-state index in [2.05, 4.69) is 4.98 Å². The first-order chi connectivity index (χ1) is 11.1. The van der Waals surface area contributed by atoms with Crippen molar-refractivity contribution in [1.82, 2.24) is 9.88 Å². The Morgan fingerprint density at radius 2 is 1.74 bits per heavy atom. The van der Waals surface area contributed by atoms with Gasteiger partial charge in [-0.05, 0) is 18.2 Å². The fraction of sp³-hybridized carbons (Fsp3) is 0.125. The number of nitrogens with zero attached hydrogens (tertiary/aromatic N) is 2. The first-order valence-corrected chi connectivity index (χ1v) is 7.15. The standard InChI is InChI=1S/C16H11ClN2O4/c17-13-6-5-10(7-18-13)9-23-14(20)8-19-15(21)11-3-1-2-4-12(11)16(19)22/h1-7H,8-9H2. The zero-order valence-corrected chi connectivity index (χ0v) is 12.6. The molecule has 7 heteroatoms. The summed E-state index contributed by atoms with van der Waals surface area (Å²) in [7, 11) is 0. The minimum absolute atomic E-state index is 0.00777. The van der Waals surface area contributed by atoms with Crippen molar-refractivity contribution in [3.8, 4) is 0 Å². The molecule has 2 aromatic rings. The number of aromatic nitrogens is 1. The molecule has 0 radical (unpaired) electrons. The van der Waals surface area contributed by atoms with Crippen molar-refractivity contribution in [2.24, 2.45) is 0 Å². The van der Waals surface area contributed by atoms with Crippen LogP contribution in [0.5, 0.6) is 0 Å². The molecule has 0 saturated carbocycles. The predicted molar refractivity (Wildman–Crippen MR) is 80.9 cm³/mol. The number of carbonyl (C=O) groups is 3. The summed E-state index contributed by atoms with van der Waals surface area (Å²) in [6.45, 7) is -0.431. The highest BCUT2D eigenvalue weighted by atomic mass is 35.5. The van der Waals surface area contributed by atoms with E-state index in [1.807, 2.05) is 0 Å². The van der Waals surface area contributed by atoms with Crippen molar-refractivity contribution < 1.29 is 19.1 Å². The van der Waals surface area contributed by atoms with Crippen LogP contribution in [-0.2, 0) is 16.1 Å². The van der Waals surface area contributed by atoms with Crippen LogP contribution < -0.4 is 0 Å². The number of rotatable bonds is 4. The van der Waals surface area contributed by atoms with Gasteiger partial charge in [-0.25, -0.2) is 4.98 Å². The summed E-state index contributed by atoms with van der Waals surface area (Å²) in [6, 6.07) is 9.69. The molecular weight excluding hydrogens is 320 g/mol. The molecule has 1 aliphatic rings. The summed E-state index contributed by atoms with van der Waals surface area (Å²) in [5.41, 5.74) is 1.25. The van der Waals surface area contributed by atoms with Crippen LogP contribution in [0.2, 0.25) is 5.15 Å². The third-order valence-electron chi connectivity index (χ3n) is 3.35. The molecule has 116 valence electrons. The zero-order valence-electron chi connectivity index (χ0n) is 11.9. The van der Waals surface area contributed by atoms with Crippen LogP contribution >= 0.6 is 11.6 Å². The maximum atomic E-state index is 12.1. The van der Waals surface area contributed by atoms with E-state index in [1.165, 1.54) is 6.20 Å². The molecule has 0 fully saturated rings. The van der Waals surface area contributed by atoms with E-state index in [0.29, 0.717) is 21.8 Å². The summed E-state index contributed by atoms with van der Waals surface area (Å²) in [6.07, 6.45) is 1.48. The Hall–Kier alpha value is -2.73. The topological polar surface area (TPSA) is 76.6 Å². The summed E-state index contributed by atoms with van der Waals surface area (Å²) in [5.74, 6) is -1.65.